The molecule has 2 aliphatic heterocycles. The van der Waals surface area contributed by atoms with E-state index in [1.165, 1.54) is 38.4 Å². The summed E-state index contributed by atoms with van der Waals surface area (Å²) in [6, 6.07) is 24.3. The van der Waals surface area contributed by atoms with Gasteiger partial charge >= 0.3 is 180 Å². The Hall–Kier alpha value is -1.99. The van der Waals surface area contributed by atoms with Gasteiger partial charge in [0, 0.05) is 0 Å². The molecule has 3 heteroatoms. The van der Waals surface area contributed by atoms with E-state index in [4.69, 9.17) is 9.05 Å². The molecule has 0 unspecified atom stereocenters. The van der Waals surface area contributed by atoms with Crippen LogP contribution in [0.1, 0.15) is 55.5 Å². The van der Waals surface area contributed by atoms with Gasteiger partial charge in [-0.3, -0.25) is 0 Å². The van der Waals surface area contributed by atoms with E-state index in [0.29, 0.717) is 0 Å². The second kappa shape index (κ2) is 6.04. The van der Waals surface area contributed by atoms with E-state index in [9.17, 15) is 0 Å². The number of rotatable bonds is 2. The Morgan fingerprint density at radius 3 is 1.60 bits per heavy atom. The second-order valence-corrected chi connectivity index (χ2v) is 13.9. The van der Waals surface area contributed by atoms with Gasteiger partial charge < -0.3 is 0 Å². The standard InChI is InChI=1S/C27H31O2P/c1-19-12-14-24-22(16-19)26(3,4)28-30(24,18-21-10-8-7-9-11-21)25-15-13-20(2)17-23(25)27(5,6)29-30/h7-17H,18H2,1-6H3. The molecule has 0 aliphatic carbocycles. The van der Waals surface area contributed by atoms with E-state index in [2.05, 4.69) is 108 Å². The zero-order valence-corrected chi connectivity index (χ0v) is 19.7. The topological polar surface area (TPSA) is 18.5 Å². The van der Waals surface area contributed by atoms with Crippen LogP contribution in [-0.4, -0.2) is 0 Å². The van der Waals surface area contributed by atoms with E-state index >= 15 is 0 Å². The second-order valence-electron chi connectivity index (χ2n) is 10.0. The van der Waals surface area contributed by atoms with E-state index < -0.39 is 18.3 Å². The van der Waals surface area contributed by atoms with Gasteiger partial charge in [0.05, 0.1) is 0 Å². The molecule has 30 heavy (non-hydrogen) atoms. The molecule has 0 atom stereocenters. The van der Waals surface area contributed by atoms with Gasteiger partial charge in [-0.25, -0.2) is 0 Å². The molecule has 2 heterocycles. The van der Waals surface area contributed by atoms with E-state index in [1.807, 2.05) is 0 Å². The van der Waals surface area contributed by atoms with Crippen molar-refractivity contribution < 1.29 is 9.05 Å². The first-order valence-electron chi connectivity index (χ1n) is 10.8. The van der Waals surface area contributed by atoms with Crippen LogP contribution in [0.5, 0.6) is 0 Å². The number of hydrogen-bond acceptors (Lipinski definition) is 2. The monoisotopic (exact) mass is 418 g/mol. The molecule has 2 nitrogen and oxygen atoms in total. The summed E-state index contributed by atoms with van der Waals surface area (Å²) in [6.07, 6.45) is 0.755. The molecule has 0 bridgehead atoms. The molecule has 0 saturated carbocycles. The van der Waals surface area contributed by atoms with Crippen molar-refractivity contribution in [3.63, 3.8) is 0 Å². The van der Waals surface area contributed by atoms with Crippen LogP contribution in [0.15, 0.2) is 66.7 Å². The van der Waals surface area contributed by atoms with Crippen LogP contribution >= 0.6 is 7.06 Å². The first-order chi connectivity index (χ1) is 14.1. The molecule has 3 aromatic carbocycles. The van der Waals surface area contributed by atoms with Gasteiger partial charge in [-0.1, -0.05) is 0 Å². The van der Waals surface area contributed by atoms with Crippen LogP contribution in [-0.2, 0) is 26.4 Å². The molecule has 0 amide bonds. The van der Waals surface area contributed by atoms with E-state index in [1.54, 1.807) is 0 Å². The number of benzene rings is 3. The fraction of sp³-hybridized carbons (Fsp3) is 0.333. The van der Waals surface area contributed by atoms with Gasteiger partial charge in [0.25, 0.3) is 0 Å². The molecule has 1 spiro atoms. The average Bonchev–Trinajstić information content (AvgIpc) is 2.98. The van der Waals surface area contributed by atoms with Gasteiger partial charge in [0.15, 0.2) is 0 Å². The number of hydrogen-bond donors (Lipinski definition) is 0. The van der Waals surface area contributed by atoms with Crippen molar-refractivity contribution in [2.24, 2.45) is 0 Å². The van der Waals surface area contributed by atoms with E-state index in [0.717, 1.165) is 6.16 Å². The van der Waals surface area contributed by atoms with Gasteiger partial charge in [0.2, 0.25) is 0 Å². The van der Waals surface area contributed by atoms with Crippen molar-refractivity contribution in [2.75, 3.05) is 0 Å². The third kappa shape index (κ3) is 2.54. The molecule has 0 N–H and O–H groups in total. The predicted molar refractivity (Wildman–Crippen MR) is 127 cm³/mol. The molecular formula is C27H31O2P. The fourth-order valence-corrected chi connectivity index (χ4v) is 12.2. The maximum absolute atomic E-state index is 7.32. The Labute approximate surface area is 180 Å². The quantitative estimate of drug-likeness (QED) is 0.450. The normalized spacial score (nSPS) is 22.8. The van der Waals surface area contributed by atoms with Crippen LogP contribution in [0.4, 0.5) is 0 Å². The molecular weight excluding hydrogens is 387 g/mol. The molecule has 156 valence electrons. The molecule has 0 radical (unpaired) electrons. The van der Waals surface area contributed by atoms with Crippen molar-refractivity contribution in [2.45, 2.75) is 58.9 Å². The number of aryl methyl sites for hydroxylation is 2. The Morgan fingerprint density at radius 1 is 0.667 bits per heavy atom. The van der Waals surface area contributed by atoms with Gasteiger partial charge in [-0.05, 0) is 0 Å². The van der Waals surface area contributed by atoms with Gasteiger partial charge in [-0.15, -0.1) is 0 Å². The maximum atomic E-state index is 7.32. The predicted octanol–water partition coefficient (Wildman–Crippen LogP) is 6.37. The van der Waals surface area contributed by atoms with Crippen molar-refractivity contribution in [3.05, 3.63) is 94.5 Å². The summed E-state index contributed by atoms with van der Waals surface area (Å²) in [7, 11) is -3.44. The summed E-state index contributed by atoms with van der Waals surface area (Å²) in [4.78, 5) is 0. The third-order valence-electron chi connectivity index (χ3n) is 6.73. The minimum absolute atomic E-state index is 0.420. The zero-order valence-electron chi connectivity index (χ0n) is 18.8. The van der Waals surface area contributed by atoms with Crippen LogP contribution < -0.4 is 10.6 Å². The van der Waals surface area contributed by atoms with Crippen molar-refractivity contribution in [1.29, 1.82) is 0 Å². The molecule has 2 aliphatic rings. The van der Waals surface area contributed by atoms with Crippen LogP contribution in [0.2, 0.25) is 0 Å². The third-order valence-corrected chi connectivity index (χ3v) is 12.1. The molecule has 0 fully saturated rings. The Kier molecular flexibility index (Phi) is 4.01. The van der Waals surface area contributed by atoms with Crippen molar-refractivity contribution in [3.8, 4) is 0 Å². The Bertz CT molecular complexity index is 1090. The Morgan fingerprint density at radius 2 is 1.13 bits per heavy atom. The average molecular weight is 419 g/mol. The molecule has 0 saturated heterocycles. The molecule has 0 aromatic heterocycles. The summed E-state index contributed by atoms with van der Waals surface area (Å²) in [6.45, 7) is 13.1. The fourth-order valence-electron chi connectivity index (χ4n) is 5.61. The molecule has 3 aromatic rings. The van der Waals surface area contributed by atoms with Crippen LogP contribution in [0, 0.1) is 13.8 Å². The number of fused-ring (bicyclic) bond motifs is 4. The first-order valence-corrected chi connectivity index (χ1v) is 13.0. The molecule has 5 rings (SSSR count). The summed E-state index contributed by atoms with van der Waals surface area (Å²) >= 11 is 0. The Balaban J connectivity index is 1.91. The summed E-state index contributed by atoms with van der Waals surface area (Å²) < 4.78 is 14.6. The summed E-state index contributed by atoms with van der Waals surface area (Å²) in [5.74, 6) is 0. The van der Waals surface area contributed by atoms with Crippen molar-refractivity contribution in [1.82, 2.24) is 0 Å². The van der Waals surface area contributed by atoms with Gasteiger partial charge in [0.1, 0.15) is 0 Å². The van der Waals surface area contributed by atoms with Crippen LogP contribution in [0.25, 0.3) is 0 Å². The van der Waals surface area contributed by atoms with Crippen LogP contribution in [0.3, 0.4) is 0 Å². The summed E-state index contributed by atoms with van der Waals surface area (Å²) in [5, 5.41) is 2.52. The first kappa shape index (κ1) is 19.9. The van der Waals surface area contributed by atoms with E-state index in [-0.39, 0.29) is 0 Å². The minimum atomic E-state index is -3.44. The van der Waals surface area contributed by atoms with Gasteiger partial charge in [-0.2, -0.15) is 0 Å². The van der Waals surface area contributed by atoms with Crippen molar-refractivity contribution >= 4 is 17.7 Å². The summed E-state index contributed by atoms with van der Waals surface area (Å²) in [5.41, 5.74) is 5.45. The SMILES string of the molecule is Cc1ccc2c(c1)C(C)(C)OP21(Cc2ccccc2)OC(C)(C)c2cc(C)ccc21. The zero-order chi connectivity index (χ0) is 21.4.